The normalized spacial score (nSPS) is 9.95. The van der Waals surface area contributed by atoms with Gasteiger partial charge in [0.15, 0.2) is 0 Å². The van der Waals surface area contributed by atoms with E-state index in [4.69, 9.17) is 5.26 Å². The topological polar surface area (TPSA) is 35.8 Å². The Hall–Kier alpha value is -1.99. The van der Waals surface area contributed by atoms with Crippen molar-refractivity contribution in [2.45, 2.75) is 11.4 Å². The predicted octanol–water partition coefficient (Wildman–Crippen LogP) is 4.03. The first-order valence-electron chi connectivity index (χ1n) is 5.80. The van der Waals surface area contributed by atoms with Crippen molar-refractivity contribution in [3.05, 3.63) is 59.4 Å². The van der Waals surface area contributed by atoms with E-state index >= 15 is 0 Å². The molecular weight excluding hydrogens is 259 g/mol. The van der Waals surface area contributed by atoms with Crippen LogP contribution >= 0.6 is 11.8 Å². The number of hydrogen-bond acceptors (Lipinski definition) is 3. The van der Waals surface area contributed by atoms with Gasteiger partial charge in [-0.05, 0) is 42.2 Å². The number of benzene rings is 2. The molecule has 2 rings (SSSR count). The van der Waals surface area contributed by atoms with Crippen LogP contribution in [0, 0.1) is 17.1 Å². The molecule has 4 heteroatoms. The van der Waals surface area contributed by atoms with E-state index in [1.54, 1.807) is 11.8 Å². The molecule has 0 fully saturated rings. The third kappa shape index (κ3) is 3.27. The molecule has 0 heterocycles. The smallest absolute Gasteiger partial charge is 0.123 e. The maximum atomic E-state index is 13.2. The Morgan fingerprint density at radius 2 is 2.05 bits per heavy atom. The number of nitrogens with one attached hydrogen (secondary N) is 1. The fraction of sp³-hybridized carbons (Fsp3) is 0.133. The van der Waals surface area contributed by atoms with Gasteiger partial charge in [-0.25, -0.2) is 4.39 Å². The molecule has 0 unspecified atom stereocenters. The first kappa shape index (κ1) is 13.4. The Morgan fingerprint density at radius 1 is 1.26 bits per heavy atom. The molecule has 0 aliphatic rings. The molecule has 0 bridgehead atoms. The van der Waals surface area contributed by atoms with Gasteiger partial charge in [-0.15, -0.1) is 11.8 Å². The summed E-state index contributed by atoms with van der Waals surface area (Å²) in [7, 11) is 0. The minimum absolute atomic E-state index is 0.325. The van der Waals surface area contributed by atoms with Gasteiger partial charge >= 0.3 is 0 Å². The summed E-state index contributed by atoms with van der Waals surface area (Å²) in [6, 6.07) is 14.2. The minimum Gasteiger partial charge on any atom is -0.380 e. The van der Waals surface area contributed by atoms with Crippen LogP contribution in [0.4, 0.5) is 10.1 Å². The molecule has 0 amide bonds. The Balaban J connectivity index is 2.19. The van der Waals surface area contributed by atoms with Gasteiger partial charge in [0.05, 0.1) is 11.6 Å². The van der Waals surface area contributed by atoms with Gasteiger partial charge in [-0.2, -0.15) is 5.26 Å². The highest BCUT2D eigenvalue weighted by Crippen LogP contribution is 2.25. The molecule has 0 aliphatic heterocycles. The van der Waals surface area contributed by atoms with Crippen molar-refractivity contribution in [2.75, 3.05) is 11.6 Å². The summed E-state index contributed by atoms with van der Waals surface area (Å²) >= 11 is 1.64. The molecule has 0 saturated carbocycles. The Morgan fingerprint density at radius 3 is 2.79 bits per heavy atom. The highest BCUT2D eigenvalue weighted by atomic mass is 32.2. The average Bonchev–Trinajstić information content (AvgIpc) is 2.45. The fourth-order valence-electron chi connectivity index (χ4n) is 1.80. The van der Waals surface area contributed by atoms with E-state index in [0.717, 1.165) is 10.6 Å². The molecule has 0 saturated heterocycles. The van der Waals surface area contributed by atoms with Crippen molar-refractivity contribution in [3.8, 4) is 6.07 Å². The lowest BCUT2D eigenvalue weighted by atomic mass is 10.1. The molecule has 0 aromatic heterocycles. The molecule has 1 N–H and O–H groups in total. The summed E-state index contributed by atoms with van der Waals surface area (Å²) in [6.45, 7) is 0.429. The highest BCUT2D eigenvalue weighted by molar-refractivity contribution is 7.98. The molecule has 2 nitrogen and oxygen atoms in total. The number of anilines is 1. The SMILES string of the molecule is CSc1ccccc1NCc1cc(F)ccc1C#N. The number of halogens is 1. The molecule has 96 valence electrons. The molecule has 0 atom stereocenters. The molecule has 2 aromatic rings. The highest BCUT2D eigenvalue weighted by Gasteiger charge is 2.05. The summed E-state index contributed by atoms with van der Waals surface area (Å²) in [5, 5.41) is 12.2. The molecule has 0 radical (unpaired) electrons. The first-order chi connectivity index (χ1) is 9.24. The van der Waals surface area contributed by atoms with Gasteiger partial charge < -0.3 is 5.32 Å². The Kier molecular flexibility index (Phi) is 4.43. The quantitative estimate of drug-likeness (QED) is 0.853. The second-order valence-electron chi connectivity index (χ2n) is 3.97. The van der Waals surface area contributed by atoms with Gasteiger partial charge in [-0.1, -0.05) is 12.1 Å². The summed E-state index contributed by atoms with van der Waals surface area (Å²) in [4.78, 5) is 1.12. The lowest BCUT2D eigenvalue weighted by molar-refractivity contribution is 0.625. The van der Waals surface area contributed by atoms with Crippen LogP contribution in [-0.4, -0.2) is 6.26 Å². The van der Waals surface area contributed by atoms with Crippen molar-refractivity contribution in [1.82, 2.24) is 0 Å². The zero-order valence-corrected chi connectivity index (χ0v) is 11.3. The molecule has 19 heavy (non-hydrogen) atoms. The average molecular weight is 272 g/mol. The second-order valence-corrected chi connectivity index (χ2v) is 4.82. The van der Waals surface area contributed by atoms with Crippen LogP contribution in [0.15, 0.2) is 47.4 Å². The van der Waals surface area contributed by atoms with E-state index < -0.39 is 0 Å². The molecule has 0 aliphatic carbocycles. The van der Waals surface area contributed by atoms with Crippen LogP contribution in [0.5, 0.6) is 0 Å². The van der Waals surface area contributed by atoms with Crippen molar-refractivity contribution in [3.63, 3.8) is 0 Å². The monoisotopic (exact) mass is 272 g/mol. The Bertz CT molecular complexity index is 620. The zero-order chi connectivity index (χ0) is 13.7. The predicted molar refractivity (Wildman–Crippen MR) is 76.7 cm³/mol. The van der Waals surface area contributed by atoms with Crippen molar-refractivity contribution >= 4 is 17.4 Å². The second kappa shape index (κ2) is 6.26. The first-order valence-corrected chi connectivity index (χ1v) is 7.02. The van der Waals surface area contributed by atoms with Gasteiger partial charge in [-0.3, -0.25) is 0 Å². The summed E-state index contributed by atoms with van der Waals surface area (Å²) < 4.78 is 13.2. The largest absolute Gasteiger partial charge is 0.380 e. The minimum atomic E-state index is -0.325. The number of hydrogen-bond donors (Lipinski definition) is 1. The van der Waals surface area contributed by atoms with Gasteiger partial charge in [0.25, 0.3) is 0 Å². The van der Waals surface area contributed by atoms with E-state index in [2.05, 4.69) is 11.4 Å². The lowest BCUT2D eigenvalue weighted by Crippen LogP contribution is -2.03. The number of rotatable bonds is 4. The standard InChI is InChI=1S/C15H13FN2S/c1-19-15-5-3-2-4-14(15)18-10-12-8-13(16)7-6-11(12)9-17/h2-8,18H,10H2,1H3. The number of nitriles is 1. The number of para-hydroxylation sites is 1. The van der Waals surface area contributed by atoms with Gasteiger partial charge in [0, 0.05) is 17.1 Å². The molecular formula is C15H13FN2S. The van der Waals surface area contributed by atoms with Crippen LogP contribution in [0.3, 0.4) is 0 Å². The maximum Gasteiger partial charge on any atom is 0.123 e. The van der Waals surface area contributed by atoms with Gasteiger partial charge in [0.2, 0.25) is 0 Å². The fourth-order valence-corrected chi connectivity index (χ4v) is 2.37. The van der Waals surface area contributed by atoms with Crippen LogP contribution in [-0.2, 0) is 6.54 Å². The third-order valence-electron chi connectivity index (χ3n) is 2.76. The molecule has 0 spiro atoms. The lowest BCUT2D eigenvalue weighted by Gasteiger charge is -2.11. The van der Waals surface area contributed by atoms with Crippen molar-refractivity contribution in [1.29, 1.82) is 5.26 Å². The molecule has 2 aromatic carbocycles. The summed E-state index contributed by atoms with van der Waals surface area (Å²) in [5.41, 5.74) is 2.15. The maximum absolute atomic E-state index is 13.2. The van der Waals surface area contributed by atoms with Crippen molar-refractivity contribution < 1.29 is 4.39 Å². The van der Waals surface area contributed by atoms with E-state index in [9.17, 15) is 4.39 Å². The summed E-state index contributed by atoms with van der Waals surface area (Å²) in [5.74, 6) is -0.325. The van der Waals surface area contributed by atoms with E-state index in [1.165, 1.54) is 18.2 Å². The summed E-state index contributed by atoms with van der Waals surface area (Å²) in [6.07, 6.45) is 2.00. The third-order valence-corrected chi connectivity index (χ3v) is 3.56. The number of thioether (sulfide) groups is 1. The van der Waals surface area contributed by atoms with E-state index in [1.807, 2.05) is 30.5 Å². The van der Waals surface area contributed by atoms with Crippen LogP contribution in [0.2, 0.25) is 0 Å². The van der Waals surface area contributed by atoms with Crippen LogP contribution in [0.1, 0.15) is 11.1 Å². The van der Waals surface area contributed by atoms with Gasteiger partial charge in [0.1, 0.15) is 5.82 Å². The van der Waals surface area contributed by atoms with Crippen LogP contribution in [0.25, 0.3) is 0 Å². The van der Waals surface area contributed by atoms with Crippen molar-refractivity contribution in [2.24, 2.45) is 0 Å². The Labute approximate surface area is 116 Å². The van der Waals surface area contributed by atoms with Crippen LogP contribution < -0.4 is 5.32 Å². The van der Waals surface area contributed by atoms with E-state index in [-0.39, 0.29) is 5.82 Å². The van der Waals surface area contributed by atoms with E-state index in [0.29, 0.717) is 17.7 Å². The number of nitrogens with zero attached hydrogens (tertiary/aromatic N) is 1. The zero-order valence-electron chi connectivity index (χ0n) is 10.5.